The Kier molecular flexibility index (Phi) is 4.53. The average molecular weight is 297 g/mol. The number of hydrogen-bond acceptors (Lipinski definition) is 3. The zero-order valence-electron chi connectivity index (χ0n) is 13.3. The van der Waals surface area contributed by atoms with Gasteiger partial charge in [0, 0.05) is 36.4 Å². The highest BCUT2D eigenvalue weighted by molar-refractivity contribution is 5.82. The molecule has 0 fully saturated rings. The number of aromatic amines is 1. The van der Waals surface area contributed by atoms with Crippen LogP contribution in [-0.2, 0) is 19.5 Å². The maximum atomic E-state index is 4.28. The summed E-state index contributed by atoms with van der Waals surface area (Å²) in [6, 6.07) is 8.40. The van der Waals surface area contributed by atoms with Crippen molar-refractivity contribution in [3.63, 3.8) is 0 Å². The number of fused-ring (bicyclic) bond motifs is 1. The third kappa shape index (κ3) is 3.20. The lowest BCUT2D eigenvalue weighted by Crippen LogP contribution is -2.22. The Bertz CT molecular complexity index is 723. The van der Waals surface area contributed by atoms with E-state index in [2.05, 4.69) is 70.7 Å². The SMILES string of the molecule is CCN(CC)Cc1cn(CCc2c[nH]c3ccccc23)nn1. The molecule has 0 saturated heterocycles. The number of benzene rings is 1. The molecule has 0 aliphatic rings. The van der Waals surface area contributed by atoms with E-state index in [0.29, 0.717) is 0 Å². The summed E-state index contributed by atoms with van der Waals surface area (Å²) in [5, 5.41) is 9.82. The molecule has 2 aromatic heterocycles. The van der Waals surface area contributed by atoms with Crippen LogP contribution in [0.3, 0.4) is 0 Å². The van der Waals surface area contributed by atoms with E-state index in [-0.39, 0.29) is 0 Å². The Morgan fingerprint density at radius 2 is 2.00 bits per heavy atom. The van der Waals surface area contributed by atoms with Crippen molar-refractivity contribution in [1.82, 2.24) is 24.9 Å². The minimum Gasteiger partial charge on any atom is -0.361 e. The van der Waals surface area contributed by atoms with Gasteiger partial charge < -0.3 is 4.98 Å². The van der Waals surface area contributed by atoms with E-state index in [1.54, 1.807) is 0 Å². The maximum absolute atomic E-state index is 4.28. The van der Waals surface area contributed by atoms with Gasteiger partial charge in [-0.1, -0.05) is 37.3 Å². The number of nitrogens with zero attached hydrogens (tertiary/aromatic N) is 4. The first-order valence-electron chi connectivity index (χ1n) is 7.96. The molecule has 3 aromatic rings. The Labute approximate surface area is 130 Å². The summed E-state index contributed by atoms with van der Waals surface area (Å²) in [4.78, 5) is 5.66. The van der Waals surface area contributed by atoms with Crippen LogP contribution in [0.4, 0.5) is 0 Å². The summed E-state index contributed by atoms with van der Waals surface area (Å²) in [7, 11) is 0. The van der Waals surface area contributed by atoms with Gasteiger partial charge in [-0.05, 0) is 31.1 Å². The highest BCUT2D eigenvalue weighted by Crippen LogP contribution is 2.18. The van der Waals surface area contributed by atoms with Crippen molar-refractivity contribution in [3.05, 3.63) is 47.9 Å². The molecule has 1 aromatic carbocycles. The number of H-pyrrole nitrogens is 1. The van der Waals surface area contributed by atoms with E-state index >= 15 is 0 Å². The van der Waals surface area contributed by atoms with Gasteiger partial charge >= 0.3 is 0 Å². The third-order valence-corrected chi connectivity index (χ3v) is 4.15. The lowest BCUT2D eigenvalue weighted by atomic mass is 10.1. The standard InChI is InChI=1S/C17H23N5/c1-3-21(4-2)12-15-13-22(20-19-15)10-9-14-11-18-17-8-6-5-7-16(14)17/h5-8,11,13,18H,3-4,9-10,12H2,1-2H3. The molecule has 22 heavy (non-hydrogen) atoms. The minimum absolute atomic E-state index is 0.854. The number of nitrogens with one attached hydrogen (secondary N) is 1. The Morgan fingerprint density at radius 3 is 2.82 bits per heavy atom. The van der Waals surface area contributed by atoms with Crippen molar-refractivity contribution in [3.8, 4) is 0 Å². The molecule has 0 radical (unpaired) electrons. The minimum atomic E-state index is 0.854. The normalized spacial score (nSPS) is 11.6. The zero-order chi connectivity index (χ0) is 15.4. The van der Waals surface area contributed by atoms with Gasteiger partial charge in [0.15, 0.2) is 0 Å². The topological polar surface area (TPSA) is 49.7 Å². The molecule has 0 saturated carbocycles. The van der Waals surface area contributed by atoms with Gasteiger partial charge in [0.1, 0.15) is 0 Å². The summed E-state index contributed by atoms with van der Waals surface area (Å²) in [5.41, 5.74) is 3.57. The van der Waals surface area contributed by atoms with Gasteiger partial charge in [-0.15, -0.1) is 5.10 Å². The molecule has 5 nitrogen and oxygen atoms in total. The van der Waals surface area contributed by atoms with Crippen molar-refractivity contribution in [2.24, 2.45) is 0 Å². The van der Waals surface area contributed by atoms with Gasteiger partial charge in [-0.3, -0.25) is 9.58 Å². The molecule has 0 spiro atoms. The fraction of sp³-hybridized carbons (Fsp3) is 0.412. The fourth-order valence-corrected chi connectivity index (χ4v) is 2.77. The third-order valence-electron chi connectivity index (χ3n) is 4.15. The lowest BCUT2D eigenvalue weighted by Gasteiger charge is -2.15. The smallest absolute Gasteiger partial charge is 0.0967 e. The summed E-state index contributed by atoms with van der Waals surface area (Å²) in [6.45, 7) is 8.15. The lowest BCUT2D eigenvalue weighted by molar-refractivity contribution is 0.292. The van der Waals surface area contributed by atoms with Crippen LogP contribution in [0.5, 0.6) is 0 Å². The second kappa shape index (κ2) is 6.75. The molecular weight excluding hydrogens is 274 g/mol. The van der Waals surface area contributed by atoms with Crippen LogP contribution in [-0.4, -0.2) is 38.0 Å². The molecule has 0 aliphatic carbocycles. The monoisotopic (exact) mass is 297 g/mol. The Morgan fingerprint density at radius 1 is 1.18 bits per heavy atom. The van der Waals surface area contributed by atoms with Gasteiger partial charge in [0.2, 0.25) is 0 Å². The van der Waals surface area contributed by atoms with Gasteiger partial charge in [-0.25, -0.2) is 0 Å². The van der Waals surface area contributed by atoms with Crippen LogP contribution >= 0.6 is 0 Å². The van der Waals surface area contributed by atoms with E-state index in [1.807, 2.05) is 4.68 Å². The zero-order valence-corrected chi connectivity index (χ0v) is 13.3. The molecule has 5 heteroatoms. The summed E-state index contributed by atoms with van der Waals surface area (Å²) in [5.74, 6) is 0. The predicted octanol–water partition coefficient (Wildman–Crippen LogP) is 2.84. The highest BCUT2D eigenvalue weighted by Gasteiger charge is 2.07. The molecule has 0 aliphatic heterocycles. The first-order chi connectivity index (χ1) is 10.8. The molecular formula is C17H23N5. The van der Waals surface area contributed by atoms with Gasteiger partial charge in [-0.2, -0.15) is 0 Å². The molecule has 0 amide bonds. The second-order valence-electron chi connectivity index (χ2n) is 5.54. The van der Waals surface area contributed by atoms with Crippen molar-refractivity contribution < 1.29 is 0 Å². The summed E-state index contributed by atoms with van der Waals surface area (Å²) < 4.78 is 1.95. The van der Waals surface area contributed by atoms with E-state index in [0.717, 1.165) is 38.3 Å². The number of aryl methyl sites for hydroxylation is 2. The van der Waals surface area contributed by atoms with E-state index in [1.165, 1.54) is 16.5 Å². The van der Waals surface area contributed by atoms with E-state index < -0.39 is 0 Å². The number of para-hydroxylation sites is 1. The number of aromatic nitrogens is 4. The van der Waals surface area contributed by atoms with Crippen molar-refractivity contribution in [2.75, 3.05) is 13.1 Å². The van der Waals surface area contributed by atoms with Crippen LogP contribution < -0.4 is 0 Å². The van der Waals surface area contributed by atoms with Gasteiger partial charge in [0.25, 0.3) is 0 Å². The molecule has 0 bridgehead atoms. The molecule has 0 atom stereocenters. The number of rotatable bonds is 7. The molecule has 1 N–H and O–H groups in total. The Balaban J connectivity index is 1.63. The maximum Gasteiger partial charge on any atom is 0.0967 e. The highest BCUT2D eigenvalue weighted by atomic mass is 15.4. The largest absolute Gasteiger partial charge is 0.361 e. The summed E-state index contributed by atoms with van der Waals surface area (Å²) in [6.07, 6.45) is 5.11. The molecule has 116 valence electrons. The molecule has 3 rings (SSSR count). The number of hydrogen-bond donors (Lipinski definition) is 1. The predicted molar refractivity (Wildman–Crippen MR) is 88.6 cm³/mol. The van der Waals surface area contributed by atoms with E-state index in [4.69, 9.17) is 0 Å². The van der Waals surface area contributed by atoms with Crippen LogP contribution in [0.1, 0.15) is 25.1 Å². The Hall–Kier alpha value is -2.14. The van der Waals surface area contributed by atoms with Crippen molar-refractivity contribution in [2.45, 2.75) is 33.4 Å². The molecule has 0 unspecified atom stereocenters. The quantitative estimate of drug-likeness (QED) is 0.729. The first-order valence-corrected chi connectivity index (χ1v) is 7.96. The van der Waals surface area contributed by atoms with Crippen LogP contribution in [0, 0.1) is 0 Å². The summed E-state index contributed by atoms with van der Waals surface area (Å²) >= 11 is 0. The van der Waals surface area contributed by atoms with Crippen LogP contribution in [0.25, 0.3) is 10.9 Å². The van der Waals surface area contributed by atoms with Crippen molar-refractivity contribution >= 4 is 10.9 Å². The van der Waals surface area contributed by atoms with E-state index in [9.17, 15) is 0 Å². The first kappa shape index (κ1) is 14.8. The van der Waals surface area contributed by atoms with Crippen molar-refractivity contribution in [1.29, 1.82) is 0 Å². The van der Waals surface area contributed by atoms with Crippen LogP contribution in [0.15, 0.2) is 36.7 Å². The van der Waals surface area contributed by atoms with Crippen LogP contribution in [0.2, 0.25) is 0 Å². The second-order valence-corrected chi connectivity index (χ2v) is 5.54. The fourth-order valence-electron chi connectivity index (χ4n) is 2.77. The average Bonchev–Trinajstić information content (AvgIpc) is 3.17. The molecule has 2 heterocycles. The van der Waals surface area contributed by atoms with Gasteiger partial charge in [0.05, 0.1) is 5.69 Å².